The van der Waals surface area contributed by atoms with Gasteiger partial charge in [0.1, 0.15) is 0 Å². The number of hydrogen-bond acceptors (Lipinski definition) is 2. The Morgan fingerprint density at radius 2 is 2.25 bits per heavy atom. The smallest absolute Gasteiger partial charge is 0.409 e. The van der Waals surface area contributed by atoms with Crippen LogP contribution in [0.3, 0.4) is 0 Å². The van der Waals surface area contributed by atoms with Gasteiger partial charge in [0, 0.05) is 16.1 Å². The predicted molar refractivity (Wildman–Crippen MR) is 46.0 cm³/mol. The molecule has 0 saturated carbocycles. The van der Waals surface area contributed by atoms with Crippen molar-refractivity contribution in [2.45, 2.75) is 0 Å². The van der Waals surface area contributed by atoms with Gasteiger partial charge >= 0.3 is 5.43 Å². The molecule has 0 N–H and O–H groups in total. The van der Waals surface area contributed by atoms with Crippen molar-refractivity contribution in [1.82, 2.24) is 0 Å². The van der Waals surface area contributed by atoms with Gasteiger partial charge in [-0.25, -0.2) is 9.18 Å². The van der Waals surface area contributed by atoms with Gasteiger partial charge in [0.05, 0.1) is 0 Å². The number of carbonyl (C=O) groups excluding carboxylic acids is 1. The van der Waals surface area contributed by atoms with E-state index in [1.165, 1.54) is 18.2 Å². The summed E-state index contributed by atoms with van der Waals surface area (Å²) in [6, 6.07) is 4.02. The fourth-order valence-corrected chi connectivity index (χ4v) is 1.06. The molecule has 1 aromatic carbocycles. The van der Waals surface area contributed by atoms with E-state index in [0.29, 0.717) is 4.47 Å². The summed E-state index contributed by atoms with van der Waals surface area (Å²) in [7, 11) is 0. The lowest BCUT2D eigenvalue weighted by molar-refractivity contribution is 0.223. The van der Waals surface area contributed by atoms with E-state index in [0.717, 1.165) is 0 Å². The van der Waals surface area contributed by atoms with Crippen LogP contribution in [0.4, 0.5) is 9.18 Å². The van der Waals surface area contributed by atoms with E-state index in [9.17, 15) is 9.18 Å². The average Bonchev–Trinajstić information content (AvgIpc) is 1.94. The topological polar surface area (TPSA) is 26.3 Å². The molecule has 0 bridgehead atoms. The van der Waals surface area contributed by atoms with Crippen LogP contribution in [0.1, 0.15) is 0 Å². The van der Waals surface area contributed by atoms with Crippen molar-refractivity contribution in [3.8, 4) is 5.75 Å². The van der Waals surface area contributed by atoms with Gasteiger partial charge in [-0.15, -0.1) is 0 Å². The molecule has 0 amide bonds. The molecule has 0 unspecified atom stereocenters. The highest BCUT2D eigenvalue weighted by Crippen LogP contribution is 2.21. The molecule has 12 heavy (non-hydrogen) atoms. The molecule has 0 aliphatic carbocycles. The fraction of sp³-hybridized carbons (Fsp3) is 0. The summed E-state index contributed by atoms with van der Waals surface area (Å²) >= 11 is 7.93. The molecule has 0 aromatic heterocycles. The van der Waals surface area contributed by atoms with Crippen molar-refractivity contribution in [2.75, 3.05) is 0 Å². The van der Waals surface area contributed by atoms with Crippen molar-refractivity contribution in [1.29, 1.82) is 0 Å². The van der Waals surface area contributed by atoms with E-state index in [-0.39, 0.29) is 5.75 Å². The summed E-state index contributed by atoms with van der Waals surface area (Å²) in [6.45, 7) is 0. The van der Waals surface area contributed by atoms with E-state index in [2.05, 4.69) is 20.7 Å². The van der Waals surface area contributed by atoms with E-state index in [1.54, 1.807) is 0 Å². The van der Waals surface area contributed by atoms with Gasteiger partial charge in [0.15, 0.2) is 11.6 Å². The van der Waals surface area contributed by atoms with Gasteiger partial charge < -0.3 is 4.74 Å². The lowest BCUT2D eigenvalue weighted by Crippen LogP contribution is -1.98. The number of halogens is 3. The molecule has 0 atom stereocenters. The molecule has 64 valence electrons. The molecule has 1 aromatic rings. The quantitative estimate of drug-likeness (QED) is 0.718. The second-order valence-corrected chi connectivity index (χ2v) is 3.14. The van der Waals surface area contributed by atoms with Crippen LogP contribution in [0.5, 0.6) is 5.75 Å². The molecule has 0 fully saturated rings. The highest BCUT2D eigenvalue weighted by Gasteiger charge is 2.06. The SMILES string of the molecule is O=C(Cl)Oc1ccc(Br)cc1F. The Hall–Kier alpha value is -0.610. The van der Waals surface area contributed by atoms with Gasteiger partial charge in [0.2, 0.25) is 0 Å². The minimum Gasteiger partial charge on any atom is -0.411 e. The van der Waals surface area contributed by atoms with Crippen LogP contribution < -0.4 is 4.74 Å². The zero-order valence-corrected chi connectivity index (χ0v) is 8.02. The number of ether oxygens (including phenoxy) is 1. The molecule has 5 heteroatoms. The average molecular weight is 253 g/mol. The third-order valence-corrected chi connectivity index (χ3v) is 1.65. The molecular formula is C7H3BrClFO2. The first-order valence-electron chi connectivity index (χ1n) is 2.92. The molecule has 0 radical (unpaired) electrons. The first kappa shape index (κ1) is 9.48. The van der Waals surface area contributed by atoms with Crippen molar-refractivity contribution in [2.24, 2.45) is 0 Å². The molecule has 0 saturated heterocycles. The summed E-state index contributed by atoms with van der Waals surface area (Å²) in [5.41, 5.74) is -1.06. The van der Waals surface area contributed by atoms with Crippen molar-refractivity contribution >= 4 is 33.0 Å². The maximum atomic E-state index is 12.8. The van der Waals surface area contributed by atoms with Crippen LogP contribution in [0.25, 0.3) is 0 Å². The highest BCUT2D eigenvalue weighted by molar-refractivity contribution is 9.10. The standard InChI is InChI=1S/C7H3BrClFO2/c8-4-1-2-6(5(10)3-4)12-7(9)11/h1-3H. The Morgan fingerprint density at radius 1 is 1.58 bits per heavy atom. The van der Waals surface area contributed by atoms with E-state index < -0.39 is 11.2 Å². The van der Waals surface area contributed by atoms with Gasteiger partial charge in [-0.2, -0.15) is 0 Å². The number of carbonyl (C=O) groups is 1. The molecular weight excluding hydrogens is 250 g/mol. The summed E-state index contributed by atoms with van der Waals surface area (Å²) in [5, 5.41) is 0. The lowest BCUT2D eigenvalue weighted by Gasteiger charge is -2.00. The van der Waals surface area contributed by atoms with Crippen molar-refractivity contribution in [3.05, 3.63) is 28.5 Å². The van der Waals surface area contributed by atoms with Crippen LogP contribution in [-0.2, 0) is 0 Å². The van der Waals surface area contributed by atoms with E-state index in [4.69, 9.17) is 11.6 Å². The maximum Gasteiger partial charge on any atom is 0.409 e. The van der Waals surface area contributed by atoms with Gasteiger partial charge in [-0.3, -0.25) is 0 Å². The molecule has 0 spiro atoms. The Labute approximate surface area is 81.4 Å². The molecule has 1 rings (SSSR count). The van der Waals surface area contributed by atoms with Gasteiger partial charge in [0.25, 0.3) is 0 Å². The number of hydrogen-bond donors (Lipinski definition) is 0. The molecule has 0 aliphatic heterocycles. The van der Waals surface area contributed by atoms with Crippen LogP contribution >= 0.6 is 27.5 Å². The predicted octanol–water partition coefficient (Wildman–Crippen LogP) is 3.33. The largest absolute Gasteiger partial charge is 0.411 e. The highest BCUT2D eigenvalue weighted by atomic mass is 79.9. The first-order chi connectivity index (χ1) is 5.59. The Bertz CT molecular complexity index is 316. The van der Waals surface area contributed by atoms with Crippen molar-refractivity contribution in [3.63, 3.8) is 0 Å². The van der Waals surface area contributed by atoms with Gasteiger partial charge in [-0.1, -0.05) is 15.9 Å². The van der Waals surface area contributed by atoms with Crippen LogP contribution in [-0.4, -0.2) is 5.43 Å². The Kier molecular flexibility index (Phi) is 3.05. The normalized spacial score (nSPS) is 9.58. The zero-order chi connectivity index (χ0) is 9.14. The summed E-state index contributed by atoms with van der Waals surface area (Å²) in [4.78, 5) is 10.2. The van der Waals surface area contributed by atoms with Crippen LogP contribution in [0.2, 0.25) is 0 Å². The Morgan fingerprint density at radius 3 is 2.75 bits per heavy atom. The number of rotatable bonds is 1. The lowest BCUT2D eigenvalue weighted by atomic mass is 10.3. The monoisotopic (exact) mass is 252 g/mol. The summed E-state index contributed by atoms with van der Waals surface area (Å²) in [6.07, 6.45) is 0. The first-order valence-corrected chi connectivity index (χ1v) is 4.09. The zero-order valence-electron chi connectivity index (χ0n) is 5.68. The molecule has 0 heterocycles. The van der Waals surface area contributed by atoms with E-state index >= 15 is 0 Å². The third kappa shape index (κ3) is 2.46. The van der Waals surface area contributed by atoms with Gasteiger partial charge in [-0.05, 0) is 18.2 Å². The third-order valence-electron chi connectivity index (χ3n) is 1.08. The second-order valence-electron chi connectivity index (χ2n) is 1.91. The molecule has 0 aliphatic rings. The summed E-state index contributed by atoms with van der Waals surface area (Å²) in [5.74, 6) is -0.823. The number of benzene rings is 1. The van der Waals surface area contributed by atoms with E-state index in [1.807, 2.05) is 0 Å². The van der Waals surface area contributed by atoms with Crippen LogP contribution in [0, 0.1) is 5.82 Å². The maximum absolute atomic E-state index is 12.8. The second kappa shape index (κ2) is 3.87. The van der Waals surface area contributed by atoms with Crippen LogP contribution in [0.15, 0.2) is 22.7 Å². The fourth-order valence-electron chi connectivity index (χ4n) is 0.644. The Balaban J connectivity index is 2.93. The minimum absolute atomic E-state index is 0.182. The minimum atomic E-state index is -1.06. The summed E-state index contributed by atoms with van der Waals surface area (Å²) < 4.78 is 17.7. The molecule has 2 nitrogen and oxygen atoms in total. The van der Waals surface area contributed by atoms with Crippen molar-refractivity contribution < 1.29 is 13.9 Å².